The van der Waals surface area contributed by atoms with Gasteiger partial charge in [-0.05, 0) is 44.7 Å². The molecule has 22 heavy (non-hydrogen) atoms. The average molecular weight is 354 g/mol. The minimum absolute atomic E-state index is 0. The van der Waals surface area contributed by atoms with E-state index < -0.39 is 0 Å². The molecule has 0 aliphatic carbocycles. The van der Waals surface area contributed by atoms with Gasteiger partial charge in [0.05, 0.1) is 6.04 Å². The van der Waals surface area contributed by atoms with Gasteiger partial charge in [-0.1, -0.05) is 26.7 Å². The van der Waals surface area contributed by atoms with Crippen LogP contribution in [0.3, 0.4) is 0 Å². The van der Waals surface area contributed by atoms with Crippen molar-refractivity contribution in [1.29, 1.82) is 0 Å². The van der Waals surface area contributed by atoms with Crippen LogP contribution in [0.1, 0.15) is 52.9 Å². The molecule has 2 saturated heterocycles. The molecule has 2 aliphatic heterocycles. The van der Waals surface area contributed by atoms with Crippen LogP contribution >= 0.6 is 24.8 Å². The molecule has 0 aromatic rings. The molecule has 2 N–H and O–H groups in total. The lowest BCUT2D eigenvalue weighted by molar-refractivity contribution is -0.139. The Kier molecular flexibility index (Phi) is 9.30. The van der Waals surface area contributed by atoms with E-state index in [9.17, 15) is 4.79 Å². The van der Waals surface area contributed by atoms with Crippen LogP contribution in [0.5, 0.6) is 0 Å². The number of likely N-dealkylation sites (tertiary alicyclic amines) is 2. The van der Waals surface area contributed by atoms with E-state index in [4.69, 9.17) is 5.73 Å². The number of nitrogens with two attached hydrogens (primary N) is 1. The van der Waals surface area contributed by atoms with Crippen molar-refractivity contribution < 1.29 is 4.79 Å². The van der Waals surface area contributed by atoms with Gasteiger partial charge in [0, 0.05) is 19.1 Å². The highest BCUT2D eigenvalue weighted by molar-refractivity contribution is 5.85. The van der Waals surface area contributed by atoms with E-state index in [-0.39, 0.29) is 42.3 Å². The summed E-state index contributed by atoms with van der Waals surface area (Å²) in [5, 5.41) is 0. The summed E-state index contributed by atoms with van der Waals surface area (Å²) in [5.74, 6) is 0.298. The van der Waals surface area contributed by atoms with Crippen LogP contribution in [-0.2, 0) is 4.79 Å². The summed E-state index contributed by atoms with van der Waals surface area (Å²) >= 11 is 0. The summed E-state index contributed by atoms with van der Waals surface area (Å²) in [6.07, 6.45) is 6.00. The van der Waals surface area contributed by atoms with Crippen molar-refractivity contribution in [2.24, 2.45) is 11.1 Å². The minimum Gasteiger partial charge on any atom is -0.341 e. The van der Waals surface area contributed by atoms with Gasteiger partial charge < -0.3 is 10.6 Å². The molecule has 0 spiro atoms. The first-order valence-electron chi connectivity index (χ1n) is 8.20. The summed E-state index contributed by atoms with van der Waals surface area (Å²) in [5.41, 5.74) is 6.20. The molecule has 6 heteroatoms. The molecule has 132 valence electrons. The first kappa shape index (κ1) is 22.0. The fraction of sp³-hybridized carbons (Fsp3) is 0.938. The van der Waals surface area contributed by atoms with Gasteiger partial charge in [0.15, 0.2) is 0 Å². The Labute approximate surface area is 148 Å². The topological polar surface area (TPSA) is 49.6 Å². The van der Waals surface area contributed by atoms with Gasteiger partial charge >= 0.3 is 0 Å². The Morgan fingerprint density at radius 2 is 1.64 bits per heavy atom. The Morgan fingerprint density at radius 1 is 1.09 bits per heavy atom. The van der Waals surface area contributed by atoms with E-state index in [0.717, 1.165) is 32.6 Å². The summed E-state index contributed by atoms with van der Waals surface area (Å²) in [6.45, 7) is 10.2. The molecule has 0 aromatic heterocycles. The van der Waals surface area contributed by atoms with Crippen molar-refractivity contribution in [3.05, 3.63) is 0 Å². The SMILES string of the molecule is CC(C(=O)N1CCC(N)C(C)(C)C1)N1CCCCCC1.Cl.Cl. The number of rotatable bonds is 2. The number of hydrogen-bond donors (Lipinski definition) is 1. The van der Waals surface area contributed by atoms with Crippen molar-refractivity contribution >= 4 is 30.7 Å². The van der Waals surface area contributed by atoms with E-state index in [0.29, 0.717) is 5.91 Å². The molecule has 2 atom stereocenters. The second-order valence-electron chi connectivity index (χ2n) is 7.27. The first-order chi connectivity index (χ1) is 9.42. The monoisotopic (exact) mass is 353 g/mol. The second-order valence-corrected chi connectivity index (χ2v) is 7.27. The van der Waals surface area contributed by atoms with Crippen LogP contribution in [0, 0.1) is 5.41 Å². The maximum atomic E-state index is 12.7. The van der Waals surface area contributed by atoms with Crippen LogP contribution in [0.2, 0.25) is 0 Å². The van der Waals surface area contributed by atoms with Gasteiger partial charge in [-0.3, -0.25) is 9.69 Å². The average Bonchev–Trinajstić information content (AvgIpc) is 2.69. The summed E-state index contributed by atoms with van der Waals surface area (Å²) in [6, 6.07) is 0.235. The first-order valence-corrected chi connectivity index (χ1v) is 8.20. The molecule has 2 unspecified atom stereocenters. The van der Waals surface area contributed by atoms with Gasteiger partial charge in [0.2, 0.25) is 5.91 Å². The zero-order chi connectivity index (χ0) is 14.8. The minimum atomic E-state index is 0. The highest BCUT2D eigenvalue weighted by Crippen LogP contribution is 2.28. The predicted molar refractivity (Wildman–Crippen MR) is 97.0 cm³/mol. The molecule has 4 nitrogen and oxygen atoms in total. The van der Waals surface area contributed by atoms with Gasteiger partial charge in [0.1, 0.15) is 0 Å². The number of hydrogen-bond acceptors (Lipinski definition) is 3. The van der Waals surface area contributed by atoms with E-state index in [1.807, 2.05) is 4.90 Å². The number of halogens is 2. The summed E-state index contributed by atoms with van der Waals surface area (Å²) in [4.78, 5) is 17.2. The Hall–Kier alpha value is -0.0300. The normalized spacial score (nSPS) is 27.1. The second kappa shape index (κ2) is 9.31. The van der Waals surface area contributed by atoms with Crippen molar-refractivity contribution in [3.63, 3.8) is 0 Å². The highest BCUT2D eigenvalue weighted by atomic mass is 35.5. The molecule has 0 radical (unpaired) electrons. The quantitative estimate of drug-likeness (QED) is 0.830. The van der Waals surface area contributed by atoms with Gasteiger partial charge in [-0.25, -0.2) is 0 Å². The van der Waals surface area contributed by atoms with Gasteiger partial charge in [-0.15, -0.1) is 24.8 Å². The molecular weight excluding hydrogens is 321 g/mol. The lowest BCUT2D eigenvalue weighted by Gasteiger charge is -2.44. The Bertz CT molecular complexity index is 344. The van der Waals surface area contributed by atoms with Crippen LogP contribution in [0.25, 0.3) is 0 Å². The predicted octanol–water partition coefficient (Wildman–Crippen LogP) is 2.68. The molecule has 2 fully saturated rings. The zero-order valence-corrected chi connectivity index (χ0v) is 15.8. The fourth-order valence-corrected chi connectivity index (χ4v) is 3.46. The lowest BCUT2D eigenvalue weighted by atomic mass is 9.79. The van der Waals surface area contributed by atoms with Crippen molar-refractivity contribution in [3.8, 4) is 0 Å². The molecule has 1 amide bonds. The number of nitrogens with zero attached hydrogens (tertiary/aromatic N) is 2. The molecule has 2 rings (SSSR count). The van der Waals surface area contributed by atoms with E-state index in [2.05, 4.69) is 25.7 Å². The lowest BCUT2D eigenvalue weighted by Crippen LogP contribution is -2.57. The third-order valence-corrected chi connectivity index (χ3v) is 5.17. The van der Waals surface area contributed by atoms with Gasteiger partial charge in [0.25, 0.3) is 0 Å². The summed E-state index contributed by atoms with van der Waals surface area (Å²) in [7, 11) is 0. The number of carbonyl (C=O) groups is 1. The third kappa shape index (κ3) is 5.26. The number of carbonyl (C=O) groups excluding carboxylic acids is 1. The Balaban J connectivity index is 0.00000220. The van der Waals surface area contributed by atoms with E-state index in [1.165, 1.54) is 25.7 Å². The molecule has 2 aliphatic rings. The third-order valence-electron chi connectivity index (χ3n) is 5.17. The smallest absolute Gasteiger partial charge is 0.239 e. The van der Waals surface area contributed by atoms with E-state index in [1.54, 1.807) is 0 Å². The van der Waals surface area contributed by atoms with Crippen LogP contribution in [-0.4, -0.2) is 54.0 Å². The van der Waals surface area contributed by atoms with Crippen molar-refractivity contribution in [1.82, 2.24) is 9.80 Å². The number of amides is 1. The molecule has 0 bridgehead atoms. The molecular formula is C16H33Cl2N3O. The largest absolute Gasteiger partial charge is 0.341 e. The van der Waals surface area contributed by atoms with Crippen LogP contribution in [0.4, 0.5) is 0 Å². The highest BCUT2D eigenvalue weighted by Gasteiger charge is 2.37. The standard InChI is InChI=1S/C16H31N3O.2ClH/c1-13(18-9-6-4-5-7-10-18)15(20)19-11-8-14(17)16(2,3)12-19;;/h13-14H,4-12,17H2,1-3H3;2*1H. The maximum Gasteiger partial charge on any atom is 0.239 e. The summed E-state index contributed by atoms with van der Waals surface area (Å²) < 4.78 is 0. The van der Waals surface area contributed by atoms with Crippen LogP contribution < -0.4 is 5.73 Å². The van der Waals surface area contributed by atoms with Crippen molar-refractivity contribution in [2.45, 2.75) is 65.0 Å². The number of piperidine rings is 1. The molecule has 0 saturated carbocycles. The van der Waals surface area contributed by atoms with Gasteiger partial charge in [-0.2, -0.15) is 0 Å². The molecule has 0 aromatic carbocycles. The van der Waals surface area contributed by atoms with Crippen LogP contribution in [0.15, 0.2) is 0 Å². The zero-order valence-electron chi connectivity index (χ0n) is 14.2. The fourth-order valence-electron chi connectivity index (χ4n) is 3.46. The maximum absolute atomic E-state index is 12.7. The molecule has 2 heterocycles. The van der Waals surface area contributed by atoms with E-state index >= 15 is 0 Å². The Morgan fingerprint density at radius 3 is 2.14 bits per heavy atom. The van der Waals surface area contributed by atoms with Crippen molar-refractivity contribution in [2.75, 3.05) is 26.2 Å².